The lowest BCUT2D eigenvalue weighted by Gasteiger charge is -2.18. The van der Waals surface area contributed by atoms with Gasteiger partial charge in [-0.2, -0.15) is 0 Å². The summed E-state index contributed by atoms with van der Waals surface area (Å²) in [7, 11) is 0. The summed E-state index contributed by atoms with van der Waals surface area (Å²) in [5.74, 6) is -1.97. The minimum absolute atomic E-state index is 0.411. The molecule has 1 aliphatic rings. The van der Waals surface area contributed by atoms with Crippen molar-refractivity contribution >= 4 is 23.8 Å². The van der Waals surface area contributed by atoms with Crippen LogP contribution in [0.2, 0.25) is 0 Å². The van der Waals surface area contributed by atoms with Gasteiger partial charge in [0.2, 0.25) is 5.91 Å². The number of rotatable bonds is 6. The number of nitrogens with one attached hydrogen (secondary N) is 2. The van der Waals surface area contributed by atoms with Gasteiger partial charge in [-0.25, -0.2) is 10.3 Å². The number of nitrogens with zero attached hydrogens (tertiary/aromatic N) is 1. The van der Waals surface area contributed by atoms with Crippen molar-refractivity contribution in [3.8, 4) is 0 Å². The number of hydroxylamine groups is 1. The highest BCUT2D eigenvalue weighted by molar-refractivity contribution is 6.08. The molecule has 0 aliphatic carbocycles. The molecule has 106 valence electrons. The van der Waals surface area contributed by atoms with Crippen LogP contribution in [0.15, 0.2) is 0 Å². The lowest BCUT2D eigenvalue weighted by atomic mass is 9.99. The molecule has 0 radical (unpaired) electrons. The Morgan fingerprint density at radius 3 is 2.58 bits per heavy atom. The predicted molar refractivity (Wildman–Crippen MR) is 62.2 cm³/mol. The molecular weight excluding hydrogens is 256 g/mol. The number of imide groups is 1. The molecule has 1 saturated heterocycles. The lowest BCUT2D eigenvalue weighted by molar-refractivity contribution is -0.142. The Kier molecular flexibility index (Phi) is 4.43. The van der Waals surface area contributed by atoms with Crippen molar-refractivity contribution < 1.29 is 24.0 Å². The first kappa shape index (κ1) is 14.9. The molecular formula is C10H16N4O5. The number of amides is 5. The van der Waals surface area contributed by atoms with E-state index in [1.54, 1.807) is 13.8 Å². The summed E-state index contributed by atoms with van der Waals surface area (Å²) in [5, 5.41) is 2.50. The van der Waals surface area contributed by atoms with Crippen molar-refractivity contribution in [2.24, 2.45) is 5.73 Å². The number of carbonyl (C=O) groups excluding carboxylic acids is 4. The SMILES string of the molecule is CCC1(C)NC(=O)N(CC(=O)NOCC(N)=O)C1=O. The van der Waals surface area contributed by atoms with Gasteiger partial charge in [0.15, 0.2) is 6.61 Å². The van der Waals surface area contributed by atoms with Crippen molar-refractivity contribution in [1.82, 2.24) is 15.7 Å². The maximum absolute atomic E-state index is 11.9. The predicted octanol–water partition coefficient (Wildman–Crippen LogP) is -1.76. The normalized spacial score (nSPS) is 22.3. The Bertz CT molecular complexity index is 424. The van der Waals surface area contributed by atoms with Gasteiger partial charge in [-0.3, -0.25) is 24.1 Å². The minimum Gasteiger partial charge on any atom is -0.368 e. The molecule has 0 saturated carbocycles. The van der Waals surface area contributed by atoms with Crippen molar-refractivity contribution in [1.29, 1.82) is 0 Å². The molecule has 1 aliphatic heterocycles. The first-order chi connectivity index (χ1) is 8.80. The van der Waals surface area contributed by atoms with E-state index >= 15 is 0 Å². The summed E-state index contributed by atoms with van der Waals surface area (Å²) in [5.41, 5.74) is 5.72. The van der Waals surface area contributed by atoms with Gasteiger partial charge in [-0.1, -0.05) is 6.92 Å². The van der Waals surface area contributed by atoms with Crippen LogP contribution in [-0.2, 0) is 19.2 Å². The number of urea groups is 1. The first-order valence-corrected chi connectivity index (χ1v) is 5.63. The number of primary amides is 1. The lowest BCUT2D eigenvalue weighted by Crippen LogP contribution is -2.44. The summed E-state index contributed by atoms with van der Waals surface area (Å²) in [6, 6.07) is -0.639. The molecule has 9 heteroatoms. The second-order valence-electron chi connectivity index (χ2n) is 4.29. The van der Waals surface area contributed by atoms with Crippen LogP contribution in [0.1, 0.15) is 20.3 Å². The van der Waals surface area contributed by atoms with Gasteiger partial charge in [0.05, 0.1) is 0 Å². The Hall–Kier alpha value is -2.16. The van der Waals surface area contributed by atoms with Gasteiger partial charge in [0, 0.05) is 0 Å². The van der Waals surface area contributed by atoms with Gasteiger partial charge in [-0.05, 0) is 13.3 Å². The van der Waals surface area contributed by atoms with Crippen LogP contribution in [0.5, 0.6) is 0 Å². The van der Waals surface area contributed by atoms with Crippen LogP contribution in [0.4, 0.5) is 4.79 Å². The monoisotopic (exact) mass is 272 g/mol. The van der Waals surface area contributed by atoms with E-state index in [1.165, 1.54) is 0 Å². The quantitative estimate of drug-likeness (QED) is 0.389. The first-order valence-electron chi connectivity index (χ1n) is 5.63. The molecule has 5 amide bonds. The fraction of sp³-hybridized carbons (Fsp3) is 0.600. The zero-order chi connectivity index (χ0) is 14.6. The third-order valence-corrected chi connectivity index (χ3v) is 2.75. The molecule has 0 bridgehead atoms. The van der Waals surface area contributed by atoms with Crippen LogP contribution in [0.3, 0.4) is 0 Å². The van der Waals surface area contributed by atoms with Crippen LogP contribution in [-0.4, -0.2) is 47.3 Å². The minimum atomic E-state index is -0.995. The maximum atomic E-state index is 11.9. The fourth-order valence-corrected chi connectivity index (χ4v) is 1.49. The van der Waals surface area contributed by atoms with Gasteiger partial charge in [0.1, 0.15) is 12.1 Å². The van der Waals surface area contributed by atoms with E-state index in [2.05, 4.69) is 10.2 Å². The average Bonchev–Trinajstić information content (AvgIpc) is 2.53. The van der Waals surface area contributed by atoms with Crippen LogP contribution in [0, 0.1) is 0 Å². The van der Waals surface area contributed by atoms with E-state index in [-0.39, 0.29) is 0 Å². The fourth-order valence-electron chi connectivity index (χ4n) is 1.49. The highest BCUT2D eigenvalue weighted by atomic mass is 16.7. The zero-order valence-corrected chi connectivity index (χ0v) is 10.7. The van der Waals surface area contributed by atoms with E-state index < -0.39 is 42.4 Å². The molecule has 9 nitrogen and oxygen atoms in total. The van der Waals surface area contributed by atoms with Gasteiger partial charge < -0.3 is 11.1 Å². The van der Waals surface area contributed by atoms with E-state index in [9.17, 15) is 19.2 Å². The zero-order valence-electron chi connectivity index (χ0n) is 10.7. The van der Waals surface area contributed by atoms with Crippen molar-refractivity contribution in [3.05, 3.63) is 0 Å². The Morgan fingerprint density at radius 2 is 2.11 bits per heavy atom. The summed E-state index contributed by atoms with van der Waals surface area (Å²) in [4.78, 5) is 50.5. The highest BCUT2D eigenvalue weighted by Gasteiger charge is 2.46. The van der Waals surface area contributed by atoms with Crippen LogP contribution in [0.25, 0.3) is 0 Å². The van der Waals surface area contributed by atoms with Crippen molar-refractivity contribution in [2.45, 2.75) is 25.8 Å². The Labute approximate surface area is 109 Å². The smallest absolute Gasteiger partial charge is 0.325 e. The summed E-state index contributed by atoms with van der Waals surface area (Å²) in [6.07, 6.45) is 0.411. The van der Waals surface area contributed by atoms with Crippen molar-refractivity contribution in [2.75, 3.05) is 13.2 Å². The third-order valence-electron chi connectivity index (χ3n) is 2.75. The highest BCUT2D eigenvalue weighted by Crippen LogP contribution is 2.20. The summed E-state index contributed by atoms with van der Waals surface area (Å²) >= 11 is 0. The molecule has 1 unspecified atom stereocenters. The van der Waals surface area contributed by atoms with Crippen LogP contribution >= 0.6 is 0 Å². The molecule has 1 fully saturated rings. The number of hydrogen-bond acceptors (Lipinski definition) is 5. The molecule has 0 spiro atoms. The number of nitrogens with two attached hydrogens (primary N) is 1. The van der Waals surface area contributed by atoms with Gasteiger partial charge in [0.25, 0.3) is 11.8 Å². The summed E-state index contributed by atoms with van der Waals surface area (Å²) < 4.78 is 0. The molecule has 4 N–H and O–H groups in total. The Balaban J connectivity index is 2.53. The van der Waals surface area contributed by atoms with Gasteiger partial charge in [-0.15, -0.1) is 0 Å². The van der Waals surface area contributed by atoms with E-state index in [0.717, 1.165) is 4.90 Å². The van der Waals surface area contributed by atoms with Crippen LogP contribution < -0.4 is 16.5 Å². The molecule has 1 rings (SSSR count). The largest absolute Gasteiger partial charge is 0.368 e. The number of hydrogen-bond donors (Lipinski definition) is 3. The Morgan fingerprint density at radius 1 is 1.47 bits per heavy atom. The van der Waals surface area contributed by atoms with E-state index in [0.29, 0.717) is 6.42 Å². The third kappa shape index (κ3) is 3.41. The number of carbonyl (C=O) groups is 4. The topological polar surface area (TPSA) is 131 Å². The van der Waals surface area contributed by atoms with E-state index in [4.69, 9.17) is 5.73 Å². The standard InChI is InChI=1S/C10H16N4O5/c1-3-10(2)8(17)14(9(18)12-10)4-7(16)13-19-5-6(11)15/h3-5H2,1-2H3,(H2,11,15)(H,12,18)(H,13,16). The second-order valence-corrected chi connectivity index (χ2v) is 4.29. The average molecular weight is 272 g/mol. The molecule has 0 aromatic heterocycles. The van der Waals surface area contributed by atoms with Gasteiger partial charge >= 0.3 is 6.03 Å². The maximum Gasteiger partial charge on any atom is 0.325 e. The molecule has 0 aromatic carbocycles. The van der Waals surface area contributed by atoms with Crippen molar-refractivity contribution in [3.63, 3.8) is 0 Å². The molecule has 19 heavy (non-hydrogen) atoms. The molecule has 1 heterocycles. The molecule has 0 aromatic rings. The van der Waals surface area contributed by atoms with E-state index in [1.807, 2.05) is 5.48 Å². The summed E-state index contributed by atoms with van der Waals surface area (Å²) in [6.45, 7) is 2.35. The second kappa shape index (κ2) is 5.65. The molecule has 1 atom stereocenters.